The molecule has 2 atom stereocenters. The highest BCUT2D eigenvalue weighted by atomic mass is 16.5. The Morgan fingerprint density at radius 1 is 1.10 bits per heavy atom. The maximum atomic E-state index is 11.9. The largest absolute Gasteiger partial charge is 0.481 e. The molecule has 2 unspecified atom stereocenters. The molecule has 0 aliphatic heterocycles. The predicted octanol–water partition coefficient (Wildman–Crippen LogP) is 1.50. The summed E-state index contributed by atoms with van der Waals surface area (Å²) in [5.41, 5.74) is 0. The van der Waals surface area contributed by atoms with Crippen molar-refractivity contribution in [1.82, 2.24) is 10.6 Å². The lowest BCUT2D eigenvalue weighted by Gasteiger charge is -2.35. The van der Waals surface area contributed by atoms with E-state index in [2.05, 4.69) is 10.6 Å². The van der Waals surface area contributed by atoms with Crippen LogP contribution < -0.4 is 10.6 Å². The molecule has 6 nitrogen and oxygen atoms in total. The van der Waals surface area contributed by atoms with Crippen molar-refractivity contribution >= 4 is 12.0 Å². The second-order valence-corrected chi connectivity index (χ2v) is 5.83. The number of carbonyl (C=O) groups excluding carboxylic acids is 1. The zero-order valence-electron chi connectivity index (χ0n) is 11.9. The number of amides is 2. The van der Waals surface area contributed by atoms with Crippen molar-refractivity contribution in [1.29, 1.82) is 0 Å². The Morgan fingerprint density at radius 2 is 1.80 bits per heavy atom. The van der Waals surface area contributed by atoms with E-state index in [1.807, 2.05) is 0 Å². The number of nitrogens with one attached hydrogen (secondary N) is 2. The van der Waals surface area contributed by atoms with Crippen molar-refractivity contribution in [2.24, 2.45) is 5.92 Å². The monoisotopic (exact) mass is 284 g/mol. The third-order valence-corrected chi connectivity index (χ3v) is 4.41. The number of aliphatic carboxylic acids is 1. The molecule has 6 heteroatoms. The number of carboxylic acids is 1. The summed E-state index contributed by atoms with van der Waals surface area (Å²) in [5.74, 6) is -1.27. The summed E-state index contributed by atoms with van der Waals surface area (Å²) in [7, 11) is 1.67. The molecule has 2 amide bonds. The fourth-order valence-corrected chi connectivity index (χ4v) is 3.05. The van der Waals surface area contributed by atoms with Gasteiger partial charge in [0.2, 0.25) is 0 Å². The number of carbonyl (C=O) groups is 2. The van der Waals surface area contributed by atoms with Gasteiger partial charge in [-0.2, -0.15) is 0 Å². The maximum absolute atomic E-state index is 11.9. The molecule has 0 aromatic rings. The minimum atomic E-state index is -0.805. The molecule has 0 aromatic heterocycles. The van der Waals surface area contributed by atoms with Crippen LogP contribution in [0, 0.1) is 5.92 Å². The van der Waals surface area contributed by atoms with E-state index in [9.17, 15) is 14.7 Å². The van der Waals surface area contributed by atoms with Gasteiger partial charge in [-0.3, -0.25) is 4.79 Å². The van der Waals surface area contributed by atoms with Gasteiger partial charge in [0, 0.05) is 19.2 Å². The Balaban J connectivity index is 1.80. The fourth-order valence-electron chi connectivity index (χ4n) is 3.05. The first-order valence-corrected chi connectivity index (χ1v) is 7.42. The van der Waals surface area contributed by atoms with Crippen LogP contribution in [-0.2, 0) is 9.53 Å². The SMILES string of the molecule is COC1CC(NC(=O)NC2CCCCCC2C(=O)O)C1. The van der Waals surface area contributed by atoms with E-state index in [1.165, 1.54) is 0 Å². The molecular weight excluding hydrogens is 260 g/mol. The molecule has 0 aromatic carbocycles. The van der Waals surface area contributed by atoms with Crippen molar-refractivity contribution in [3.05, 3.63) is 0 Å². The summed E-state index contributed by atoms with van der Waals surface area (Å²) in [6, 6.07) is -0.356. The lowest BCUT2D eigenvalue weighted by atomic mass is 9.89. The second kappa shape index (κ2) is 6.92. The smallest absolute Gasteiger partial charge is 0.315 e. The third kappa shape index (κ3) is 3.85. The quantitative estimate of drug-likeness (QED) is 0.683. The van der Waals surface area contributed by atoms with E-state index >= 15 is 0 Å². The average Bonchev–Trinajstić information content (AvgIpc) is 2.58. The minimum Gasteiger partial charge on any atom is -0.481 e. The van der Waals surface area contributed by atoms with Gasteiger partial charge >= 0.3 is 12.0 Å². The van der Waals surface area contributed by atoms with Crippen LogP contribution in [-0.4, -0.2) is 42.4 Å². The second-order valence-electron chi connectivity index (χ2n) is 5.83. The molecule has 0 spiro atoms. The zero-order chi connectivity index (χ0) is 14.5. The van der Waals surface area contributed by atoms with Crippen molar-refractivity contribution in [3.8, 4) is 0 Å². The van der Waals surface area contributed by atoms with E-state index in [0.717, 1.165) is 38.5 Å². The lowest BCUT2D eigenvalue weighted by Crippen LogP contribution is -2.54. The molecule has 2 aliphatic carbocycles. The molecule has 0 bridgehead atoms. The Labute approximate surface area is 119 Å². The third-order valence-electron chi connectivity index (χ3n) is 4.41. The molecule has 114 valence electrons. The van der Waals surface area contributed by atoms with Gasteiger partial charge in [-0.15, -0.1) is 0 Å². The van der Waals surface area contributed by atoms with Crippen LogP contribution >= 0.6 is 0 Å². The summed E-state index contributed by atoms with van der Waals surface area (Å²) in [5, 5.41) is 15.0. The van der Waals surface area contributed by atoms with Gasteiger partial charge in [0.1, 0.15) is 0 Å². The fraction of sp³-hybridized carbons (Fsp3) is 0.857. The highest BCUT2D eigenvalue weighted by Gasteiger charge is 2.33. The molecule has 0 saturated heterocycles. The van der Waals surface area contributed by atoms with Gasteiger partial charge in [0.15, 0.2) is 0 Å². The van der Waals surface area contributed by atoms with Crippen LogP contribution in [0.5, 0.6) is 0 Å². The molecule has 2 fully saturated rings. The van der Waals surface area contributed by atoms with Gasteiger partial charge in [-0.25, -0.2) is 4.79 Å². The van der Waals surface area contributed by atoms with Crippen LogP contribution in [0.15, 0.2) is 0 Å². The first kappa shape index (κ1) is 15.1. The van der Waals surface area contributed by atoms with Crippen LogP contribution in [0.1, 0.15) is 44.9 Å². The Morgan fingerprint density at radius 3 is 2.45 bits per heavy atom. The zero-order valence-corrected chi connectivity index (χ0v) is 11.9. The molecule has 0 radical (unpaired) electrons. The Bertz CT molecular complexity index is 355. The van der Waals surface area contributed by atoms with Crippen LogP contribution in [0.2, 0.25) is 0 Å². The molecular formula is C14H24N2O4. The van der Waals surface area contributed by atoms with Crippen molar-refractivity contribution in [2.75, 3.05) is 7.11 Å². The van der Waals surface area contributed by atoms with Gasteiger partial charge in [-0.05, 0) is 25.7 Å². The molecule has 3 N–H and O–H groups in total. The van der Waals surface area contributed by atoms with E-state index < -0.39 is 11.9 Å². The number of urea groups is 1. The van der Waals surface area contributed by atoms with E-state index in [4.69, 9.17) is 4.74 Å². The molecule has 2 rings (SSSR count). The maximum Gasteiger partial charge on any atom is 0.315 e. The van der Waals surface area contributed by atoms with Crippen molar-refractivity contribution < 1.29 is 19.4 Å². The summed E-state index contributed by atoms with van der Waals surface area (Å²) < 4.78 is 5.16. The number of methoxy groups -OCH3 is 1. The summed E-state index contributed by atoms with van der Waals surface area (Å²) in [6.07, 6.45) is 6.24. The van der Waals surface area contributed by atoms with E-state index in [1.54, 1.807) is 7.11 Å². The van der Waals surface area contributed by atoms with E-state index in [-0.39, 0.29) is 24.2 Å². The van der Waals surface area contributed by atoms with Crippen LogP contribution in [0.4, 0.5) is 4.79 Å². The van der Waals surface area contributed by atoms with Crippen LogP contribution in [0.25, 0.3) is 0 Å². The molecule has 2 aliphatic rings. The van der Waals surface area contributed by atoms with Gasteiger partial charge in [-0.1, -0.05) is 19.3 Å². The standard InChI is InChI=1S/C14H24N2O4/c1-20-10-7-9(8-10)15-14(19)16-12-6-4-2-3-5-11(12)13(17)18/h9-12H,2-8H2,1H3,(H,17,18)(H2,15,16,19). The normalized spacial score (nSPS) is 33.6. The van der Waals surface area contributed by atoms with Crippen LogP contribution in [0.3, 0.4) is 0 Å². The summed E-state index contributed by atoms with van der Waals surface area (Å²) in [6.45, 7) is 0. The number of carboxylic acid groups (broad SMARTS) is 1. The van der Waals surface area contributed by atoms with Crippen molar-refractivity contribution in [2.45, 2.75) is 63.1 Å². The molecule has 0 heterocycles. The number of ether oxygens (including phenoxy) is 1. The van der Waals surface area contributed by atoms with Gasteiger partial charge < -0.3 is 20.5 Å². The van der Waals surface area contributed by atoms with E-state index in [0.29, 0.717) is 6.42 Å². The first-order chi connectivity index (χ1) is 9.60. The number of rotatable bonds is 4. The minimum absolute atomic E-state index is 0.147. The molecule has 20 heavy (non-hydrogen) atoms. The number of hydrogen-bond acceptors (Lipinski definition) is 3. The average molecular weight is 284 g/mol. The van der Waals surface area contributed by atoms with Crippen molar-refractivity contribution in [3.63, 3.8) is 0 Å². The topological polar surface area (TPSA) is 87.7 Å². The Kier molecular flexibility index (Phi) is 5.23. The highest BCUT2D eigenvalue weighted by Crippen LogP contribution is 2.25. The predicted molar refractivity (Wildman–Crippen MR) is 73.5 cm³/mol. The Hall–Kier alpha value is -1.30. The summed E-state index contributed by atoms with van der Waals surface area (Å²) >= 11 is 0. The first-order valence-electron chi connectivity index (χ1n) is 7.42. The van der Waals surface area contributed by atoms with Gasteiger partial charge in [0.05, 0.1) is 12.0 Å². The highest BCUT2D eigenvalue weighted by molar-refractivity contribution is 5.77. The summed E-state index contributed by atoms with van der Waals surface area (Å²) in [4.78, 5) is 23.2. The molecule has 2 saturated carbocycles. The lowest BCUT2D eigenvalue weighted by molar-refractivity contribution is -0.142. The van der Waals surface area contributed by atoms with Gasteiger partial charge in [0.25, 0.3) is 0 Å². The number of hydrogen-bond donors (Lipinski definition) is 3.